The minimum atomic E-state index is -1.15. The normalized spacial score (nSPS) is 12.5. The van der Waals surface area contributed by atoms with Crippen molar-refractivity contribution in [3.05, 3.63) is 68.7 Å². The van der Waals surface area contributed by atoms with E-state index in [0.717, 1.165) is 18.2 Å². The summed E-state index contributed by atoms with van der Waals surface area (Å²) in [6, 6.07) is 7.77. The third kappa shape index (κ3) is 2.88. The molecule has 0 aliphatic heterocycles. The van der Waals surface area contributed by atoms with Gasteiger partial charge in [0.05, 0.1) is 0 Å². The van der Waals surface area contributed by atoms with E-state index in [2.05, 4.69) is 15.9 Å². The molecule has 2 aromatic carbocycles. The van der Waals surface area contributed by atoms with Crippen LogP contribution >= 0.6 is 27.5 Å². The minimum Gasteiger partial charge on any atom is -0.384 e. The molecule has 0 fully saturated rings. The summed E-state index contributed by atoms with van der Waals surface area (Å²) >= 11 is 9.09. The van der Waals surface area contributed by atoms with Gasteiger partial charge in [-0.3, -0.25) is 0 Å². The number of rotatable bonds is 2. The molecular formula is C13H8BrClF2O. The molecule has 0 heterocycles. The molecular weight excluding hydrogens is 325 g/mol. The fourth-order valence-corrected chi connectivity index (χ4v) is 2.28. The second-order valence-corrected chi connectivity index (χ2v) is 5.06. The highest BCUT2D eigenvalue weighted by molar-refractivity contribution is 9.10. The van der Waals surface area contributed by atoms with Crippen LogP contribution in [-0.2, 0) is 0 Å². The Morgan fingerprint density at radius 3 is 2.28 bits per heavy atom. The van der Waals surface area contributed by atoms with E-state index in [-0.39, 0.29) is 5.56 Å². The first-order chi connectivity index (χ1) is 8.47. The molecule has 94 valence electrons. The fourth-order valence-electron chi connectivity index (χ4n) is 1.64. The summed E-state index contributed by atoms with van der Waals surface area (Å²) in [5.74, 6) is -1.47. The van der Waals surface area contributed by atoms with Gasteiger partial charge in [-0.15, -0.1) is 0 Å². The van der Waals surface area contributed by atoms with E-state index in [1.165, 1.54) is 0 Å². The average Bonchev–Trinajstić information content (AvgIpc) is 2.30. The van der Waals surface area contributed by atoms with Gasteiger partial charge in [-0.25, -0.2) is 8.78 Å². The van der Waals surface area contributed by atoms with Crippen LogP contribution in [0, 0.1) is 11.6 Å². The monoisotopic (exact) mass is 332 g/mol. The summed E-state index contributed by atoms with van der Waals surface area (Å²) in [4.78, 5) is 0. The number of aliphatic hydroxyl groups is 1. The third-order valence-electron chi connectivity index (χ3n) is 2.45. The molecule has 0 spiro atoms. The molecule has 0 radical (unpaired) electrons. The van der Waals surface area contributed by atoms with Gasteiger partial charge in [-0.1, -0.05) is 27.5 Å². The van der Waals surface area contributed by atoms with Gasteiger partial charge in [-0.05, 0) is 35.9 Å². The van der Waals surface area contributed by atoms with Gasteiger partial charge >= 0.3 is 0 Å². The van der Waals surface area contributed by atoms with Crippen LogP contribution in [0.5, 0.6) is 0 Å². The van der Waals surface area contributed by atoms with Crippen LogP contribution in [0.1, 0.15) is 17.2 Å². The molecule has 0 aliphatic rings. The van der Waals surface area contributed by atoms with Crippen molar-refractivity contribution in [2.45, 2.75) is 6.10 Å². The second-order valence-electron chi connectivity index (χ2n) is 3.77. The molecule has 0 saturated carbocycles. The van der Waals surface area contributed by atoms with Crippen molar-refractivity contribution in [2.24, 2.45) is 0 Å². The molecule has 1 unspecified atom stereocenters. The maximum absolute atomic E-state index is 13.1. The maximum atomic E-state index is 13.1. The van der Waals surface area contributed by atoms with Crippen molar-refractivity contribution in [1.29, 1.82) is 0 Å². The van der Waals surface area contributed by atoms with Crippen molar-refractivity contribution in [2.75, 3.05) is 0 Å². The van der Waals surface area contributed by atoms with E-state index < -0.39 is 17.7 Å². The second kappa shape index (κ2) is 5.34. The van der Waals surface area contributed by atoms with Gasteiger partial charge in [0.1, 0.15) is 17.7 Å². The SMILES string of the molecule is OC(c1cc(F)cc(F)c1)c1cc(Cl)ccc1Br. The Bertz CT molecular complexity index is 569. The molecule has 18 heavy (non-hydrogen) atoms. The lowest BCUT2D eigenvalue weighted by Gasteiger charge is -2.14. The van der Waals surface area contributed by atoms with E-state index in [4.69, 9.17) is 11.6 Å². The molecule has 0 aliphatic carbocycles. The Kier molecular flexibility index (Phi) is 4.00. The Labute approximate surface area is 116 Å². The molecule has 1 nitrogen and oxygen atoms in total. The lowest BCUT2D eigenvalue weighted by molar-refractivity contribution is 0.218. The largest absolute Gasteiger partial charge is 0.384 e. The molecule has 1 N–H and O–H groups in total. The molecule has 0 aromatic heterocycles. The zero-order chi connectivity index (χ0) is 13.3. The number of halogens is 4. The summed E-state index contributed by atoms with van der Waals surface area (Å²) in [5, 5.41) is 10.6. The van der Waals surface area contributed by atoms with Crippen LogP contribution in [0.4, 0.5) is 8.78 Å². The third-order valence-corrected chi connectivity index (χ3v) is 3.41. The predicted octanol–water partition coefficient (Wildman–Crippen LogP) is 4.46. The Balaban J connectivity index is 2.47. The summed E-state index contributed by atoms with van der Waals surface area (Å²) < 4.78 is 26.8. The maximum Gasteiger partial charge on any atom is 0.126 e. The van der Waals surface area contributed by atoms with E-state index in [0.29, 0.717) is 15.1 Å². The zero-order valence-corrected chi connectivity index (χ0v) is 11.3. The average molecular weight is 334 g/mol. The highest BCUT2D eigenvalue weighted by Crippen LogP contribution is 2.31. The summed E-state index contributed by atoms with van der Waals surface area (Å²) in [6.45, 7) is 0. The molecule has 2 aromatic rings. The first kappa shape index (κ1) is 13.5. The number of hydrogen-bond acceptors (Lipinski definition) is 1. The van der Waals surface area contributed by atoms with E-state index in [1.54, 1.807) is 18.2 Å². The first-order valence-electron chi connectivity index (χ1n) is 5.06. The zero-order valence-electron chi connectivity index (χ0n) is 9.00. The molecule has 0 amide bonds. The predicted molar refractivity (Wildman–Crippen MR) is 69.6 cm³/mol. The minimum absolute atomic E-state index is 0.135. The molecule has 0 bridgehead atoms. The van der Waals surface area contributed by atoms with E-state index in [1.807, 2.05) is 0 Å². The number of hydrogen-bond donors (Lipinski definition) is 1. The van der Waals surface area contributed by atoms with Crippen molar-refractivity contribution in [1.82, 2.24) is 0 Å². The Hall–Kier alpha value is -0.970. The highest BCUT2D eigenvalue weighted by atomic mass is 79.9. The summed E-state index contributed by atoms with van der Waals surface area (Å²) in [7, 11) is 0. The van der Waals surface area contributed by atoms with Gasteiger partial charge in [0.2, 0.25) is 0 Å². The van der Waals surface area contributed by atoms with Crippen LogP contribution in [-0.4, -0.2) is 5.11 Å². The van der Waals surface area contributed by atoms with Gasteiger partial charge in [0, 0.05) is 21.1 Å². The molecule has 0 saturated heterocycles. The Morgan fingerprint density at radius 2 is 1.67 bits per heavy atom. The topological polar surface area (TPSA) is 20.2 Å². The molecule has 5 heteroatoms. The smallest absolute Gasteiger partial charge is 0.126 e. The van der Waals surface area contributed by atoms with Gasteiger partial charge in [-0.2, -0.15) is 0 Å². The molecule has 1 atom stereocenters. The van der Waals surface area contributed by atoms with Gasteiger partial charge in [0.25, 0.3) is 0 Å². The lowest BCUT2D eigenvalue weighted by Crippen LogP contribution is -2.02. The standard InChI is InChI=1S/C13H8BrClF2O/c14-12-2-1-8(15)5-11(12)13(18)7-3-9(16)6-10(17)4-7/h1-6,13,18H. The van der Waals surface area contributed by atoms with Crippen molar-refractivity contribution in [3.63, 3.8) is 0 Å². The van der Waals surface area contributed by atoms with Gasteiger partial charge in [0.15, 0.2) is 0 Å². The lowest BCUT2D eigenvalue weighted by atomic mass is 10.0. The van der Waals surface area contributed by atoms with Crippen LogP contribution in [0.2, 0.25) is 5.02 Å². The summed E-state index contributed by atoms with van der Waals surface area (Å²) in [5.41, 5.74) is 0.586. The van der Waals surface area contributed by atoms with Crippen LogP contribution in [0.15, 0.2) is 40.9 Å². The number of aliphatic hydroxyl groups excluding tert-OH is 1. The Morgan fingerprint density at radius 1 is 1.06 bits per heavy atom. The fraction of sp³-hybridized carbons (Fsp3) is 0.0769. The number of benzene rings is 2. The van der Waals surface area contributed by atoms with Crippen LogP contribution in [0.3, 0.4) is 0 Å². The van der Waals surface area contributed by atoms with Crippen molar-refractivity contribution >= 4 is 27.5 Å². The van der Waals surface area contributed by atoms with Gasteiger partial charge < -0.3 is 5.11 Å². The van der Waals surface area contributed by atoms with Crippen LogP contribution in [0.25, 0.3) is 0 Å². The van der Waals surface area contributed by atoms with E-state index >= 15 is 0 Å². The first-order valence-corrected chi connectivity index (χ1v) is 6.23. The highest BCUT2D eigenvalue weighted by Gasteiger charge is 2.16. The van der Waals surface area contributed by atoms with Crippen LogP contribution < -0.4 is 0 Å². The molecule has 2 rings (SSSR count). The van der Waals surface area contributed by atoms with Crippen molar-refractivity contribution < 1.29 is 13.9 Å². The quantitative estimate of drug-likeness (QED) is 0.860. The summed E-state index contributed by atoms with van der Waals surface area (Å²) in [6.07, 6.45) is -1.15. The van der Waals surface area contributed by atoms with E-state index in [9.17, 15) is 13.9 Å². The van der Waals surface area contributed by atoms with Crippen molar-refractivity contribution in [3.8, 4) is 0 Å².